The minimum absolute atomic E-state index is 0.202. The van der Waals surface area contributed by atoms with Crippen molar-refractivity contribution in [1.82, 2.24) is 15.3 Å². The fourth-order valence-electron chi connectivity index (χ4n) is 3.09. The van der Waals surface area contributed by atoms with E-state index >= 15 is 0 Å². The van der Waals surface area contributed by atoms with Crippen LogP contribution in [0.25, 0.3) is 11.5 Å². The van der Waals surface area contributed by atoms with Gasteiger partial charge in [0.2, 0.25) is 5.89 Å². The number of ether oxygens (including phenoxy) is 1. The van der Waals surface area contributed by atoms with Crippen molar-refractivity contribution in [2.45, 2.75) is 20.1 Å². The van der Waals surface area contributed by atoms with E-state index in [0.717, 1.165) is 5.56 Å². The van der Waals surface area contributed by atoms with Gasteiger partial charge in [-0.05, 0) is 55.5 Å². The summed E-state index contributed by atoms with van der Waals surface area (Å²) in [5.74, 6) is 1.24. The highest BCUT2D eigenvalue weighted by molar-refractivity contribution is 6.02. The number of carbonyl (C=O) groups excluding carboxylic acids is 2. The second-order valence-electron chi connectivity index (χ2n) is 7.17. The Morgan fingerprint density at radius 3 is 2.45 bits per heavy atom. The van der Waals surface area contributed by atoms with Gasteiger partial charge in [0, 0.05) is 36.3 Å². The van der Waals surface area contributed by atoms with E-state index in [2.05, 4.69) is 20.6 Å². The van der Waals surface area contributed by atoms with Crippen molar-refractivity contribution < 1.29 is 23.2 Å². The number of hydrogen-bond acceptors (Lipinski definition) is 7. The van der Waals surface area contributed by atoms with Crippen molar-refractivity contribution in [3.05, 3.63) is 89.5 Å². The number of oxazole rings is 1. The minimum Gasteiger partial charge on any atom is -0.453 e. The molecule has 0 saturated heterocycles. The molecule has 0 bridgehead atoms. The summed E-state index contributed by atoms with van der Waals surface area (Å²) in [6.45, 7) is 2.33. The summed E-state index contributed by atoms with van der Waals surface area (Å²) in [6, 6.07) is 13.7. The topological polar surface area (TPSA) is 119 Å². The molecule has 9 nitrogen and oxygen atoms in total. The van der Waals surface area contributed by atoms with E-state index in [4.69, 9.17) is 13.6 Å². The average molecular weight is 446 g/mol. The van der Waals surface area contributed by atoms with E-state index in [1.165, 1.54) is 0 Å². The standard InChI is InChI=1S/C24H22N4O5/c1-15-20(13-26-22(29)16-9-11-25-12-10-16)28-24(32-15)17-3-5-18(6-4-17)27-23(30)21-8-7-19(33-21)14-31-2/h3-12H,13-14H2,1-2H3,(H,26,29)(H,27,30). The minimum atomic E-state index is -0.357. The Kier molecular flexibility index (Phi) is 6.61. The van der Waals surface area contributed by atoms with Gasteiger partial charge in [-0.25, -0.2) is 4.98 Å². The zero-order chi connectivity index (χ0) is 23.2. The van der Waals surface area contributed by atoms with E-state index in [9.17, 15) is 9.59 Å². The van der Waals surface area contributed by atoms with Crippen molar-refractivity contribution in [3.8, 4) is 11.5 Å². The predicted molar refractivity (Wildman–Crippen MR) is 119 cm³/mol. The number of methoxy groups -OCH3 is 1. The van der Waals surface area contributed by atoms with Crippen LogP contribution in [0.4, 0.5) is 5.69 Å². The molecule has 0 radical (unpaired) electrons. The summed E-state index contributed by atoms with van der Waals surface area (Å²) < 4.78 is 16.2. The summed E-state index contributed by atoms with van der Waals surface area (Å²) in [4.78, 5) is 33.0. The van der Waals surface area contributed by atoms with Crippen LogP contribution in [0.5, 0.6) is 0 Å². The number of hydrogen-bond donors (Lipinski definition) is 2. The maximum atomic E-state index is 12.3. The molecule has 0 aliphatic rings. The molecule has 3 heterocycles. The van der Waals surface area contributed by atoms with Crippen LogP contribution in [0.3, 0.4) is 0 Å². The number of amides is 2. The van der Waals surface area contributed by atoms with Crippen molar-refractivity contribution >= 4 is 17.5 Å². The summed E-state index contributed by atoms with van der Waals surface area (Å²) >= 11 is 0. The molecule has 0 aliphatic carbocycles. The van der Waals surface area contributed by atoms with Gasteiger partial charge >= 0.3 is 0 Å². The maximum absolute atomic E-state index is 12.3. The molecule has 2 N–H and O–H groups in total. The molecule has 4 rings (SSSR count). The number of benzene rings is 1. The number of rotatable bonds is 8. The summed E-state index contributed by atoms with van der Waals surface area (Å²) in [5, 5.41) is 5.60. The maximum Gasteiger partial charge on any atom is 0.291 e. The molecular formula is C24H22N4O5. The molecule has 0 atom stereocenters. The Morgan fingerprint density at radius 1 is 0.970 bits per heavy atom. The molecule has 33 heavy (non-hydrogen) atoms. The lowest BCUT2D eigenvalue weighted by atomic mass is 10.2. The third-order valence-corrected chi connectivity index (χ3v) is 4.81. The zero-order valence-corrected chi connectivity index (χ0v) is 18.1. The molecule has 168 valence electrons. The molecule has 0 fully saturated rings. The fourth-order valence-corrected chi connectivity index (χ4v) is 3.09. The number of aromatic nitrogens is 2. The Bertz CT molecular complexity index is 1250. The molecule has 0 aliphatic heterocycles. The van der Waals surface area contributed by atoms with Crippen molar-refractivity contribution in [3.63, 3.8) is 0 Å². The van der Waals surface area contributed by atoms with Gasteiger partial charge in [0.15, 0.2) is 5.76 Å². The molecule has 4 aromatic rings. The Morgan fingerprint density at radius 2 is 1.73 bits per heavy atom. The molecule has 3 aromatic heterocycles. The third-order valence-electron chi connectivity index (χ3n) is 4.81. The molecule has 0 spiro atoms. The number of furan rings is 1. The first-order chi connectivity index (χ1) is 16.0. The summed E-state index contributed by atoms with van der Waals surface area (Å²) in [7, 11) is 1.56. The Labute approximate surface area is 189 Å². The normalized spacial score (nSPS) is 10.7. The van der Waals surface area contributed by atoms with Crippen LogP contribution >= 0.6 is 0 Å². The van der Waals surface area contributed by atoms with Gasteiger partial charge in [-0.1, -0.05) is 0 Å². The predicted octanol–water partition coefficient (Wildman–Crippen LogP) is 3.97. The summed E-state index contributed by atoms with van der Waals surface area (Å²) in [6.07, 6.45) is 3.13. The molecule has 0 unspecified atom stereocenters. The Balaban J connectivity index is 1.38. The second-order valence-corrected chi connectivity index (χ2v) is 7.17. The highest BCUT2D eigenvalue weighted by Crippen LogP contribution is 2.24. The van der Waals surface area contributed by atoms with Crippen LogP contribution < -0.4 is 10.6 Å². The second kappa shape index (κ2) is 9.92. The highest BCUT2D eigenvalue weighted by Gasteiger charge is 2.15. The van der Waals surface area contributed by atoms with Crippen LogP contribution in [-0.2, 0) is 17.9 Å². The molecule has 9 heteroatoms. The molecule has 1 aromatic carbocycles. The van der Waals surface area contributed by atoms with Crippen molar-refractivity contribution in [1.29, 1.82) is 0 Å². The fraction of sp³-hybridized carbons (Fsp3) is 0.167. The first-order valence-corrected chi connectivity index (χ1v) is 10.2. The lowest BCUT2D eigenvalue weighted by Gasteiger charge is -2.04. The van der Waals surface area contributed by atoms with Gasteiger partial charge < -0.3 is 24.2 Å². The number of aryl methyl sites for hydroxylation is 1. The first-order valence-electron chi connectivity index (χ1n) is 10.2. The van der Waals surface area contributed by atoms with E-state index in [1.54, 1.807) is 75.0 Å². The number of nitrogens with zero attached hydrogens (tertiary/aromatic N) is 2. The number of carbonyl (C=O) groups is 2. The van der Waals surface area contributed by atoms with Gasteiger partial charge in [-0.15, -0.1) is 0 Å². The number of pyridine rings is 1. The molecular weight excluding hydrogens is 424 g/mol. The van der Waals surface area contributed by atoms with E-state index in [-0.39, 0.29) is 24.1 Å². The van der Waals surface area contributed by atoms with Gasteiger partial charge in [0.25, 0.3) is 11.8 Å². The largest absolute Gasteiger partial charge is 0.453 e. The lowest BCUT2D eigenvalue weighted by Crippen LogP contribution is -2.23. The monoisotopic (exact) mass is 446 g/mol. The van der Waals surface area contributed by atoms with Crippen LogP contribution in [0.15, 0.2) is 69.8 Å². The van der Waals surface area contributed by atoms with E-state index in [0.29, 0.717) is 41.0 Å². The van der Waals surface area contributed by atoms with E-state index in [1.807, 2.05) is 0 Å². The van der Waals surface area contributed by atoms with Gasteiger partial charge in [0.05, 0.1) is 6.54 Å². The lowest BCUT2D eigenvalue weighted by molar-refractivity contribution is 0.0948. The van der Waals surface area contributed by atoms with Crippen LogP contribution in [-0.4, -0.2) is 28.9 Å². The van der Waals surface area contributed by atoms with Gasteiger partial charge in [0.1, 0.15) is 23.8 Å². The number of anilines is 1. The first kappa shape index (κ1) is 22.0. The van der Waals surface area contributed by atoms with Gasteiger partial charge in [-0.2, -0.15) is 0 Å². The summed E-state index contributed by atoms with van der Waals surface area (Å²) in [5.41, 5.74) is 2.49. The SMILES string of the molecule is COCc1ccc(C(=O)Nc2ccc(-c3nc(CNC(=O)c4ccncc4)c(C)o3)cc2)o1. The van der Waals surface area contributed by atoms with E-state index < -0.39 is 0 Å². The van der Waals surface area contributed by atoms with Crippen LogP contribution in [0.2, 0.25) is 0 Å². The quantitative estimate of drug-likeness (QED) is 0.420. The van der Waals surface area contributed by atoms with Crippen LogP contribution in [0.1, 0.15) is 38.1 Å². The highest BCUT2D eigenvalue weighted by atomic mass is 16.5. The average Bonchev–Trinajstić information content (AvgIpc) is 3.45. The van der Waals surface area contributed by atoms with Crippen molar-refractivity contribution in [2.75, 3.05) is 12.4 Å². The smallest absolute Gasteiger partial charge is 0.291 e. The van der Waals surface area contributed by atoms with Gasteiger partial charge in [-0.3, -0.25) is 14.6 Å². The van der Waals surface area contributed by atoms with Crippen LogP contribution in [0, 0.1) is 6.92 Å². The third kappa shape index (κ3) is 5.34. The molecule has 2 amide bonds. The van der Waals surface area contributed by atoms with Crippen molar-refractivity contribution in [2.24, 2.45) is 0 Å². The Hall–Kier alpha value is -4.24. The zero-order valence-electron chi connectivity index (χ0n) is 18.1. The molecule has 0 saturated carbocycles. The number of nitrogens with one attached hydrogen (secondary N) is 2.